The van der Waals surface area contributed by atoms with Gasteiger partial charge in [-0.2, -0.15) is 4.68 Å². The molecule has 0 spiro atoms. The number of nitrogens with zero attached hydrogens (tertiary/aromatic N) is 4. The average Bonchev–Trinajstić information content (AvgIpc) is 3.13. The smallest absolute Gasteiger partial charge is 0.224 e. The summed E-state index contributed by atoms with van der Waals surface area (Å²) in [7, 11) is 1.58. The molecule has 3 aromatic rings. The number of methoxy groups -OCH3 is 1. The summed E-state index contributed by atoms with van der Waals surface area (Å²) < 4.78 is 6.93. The van der Waals surface area contributed by atoms with E-state index < -0.39 is 0 Å². The lowest BCUT2D eigenvalue weighted by molar-refractivity contribution is -0.116. The van der Waals surface area contributed by atoms with Crippen molar-refractivity contribution >= 4 is 29.1 Å². The molecule has 1 N–H and O–H groups in total. The Morgan fingerprint density at radius 3 is 2.97 bits per heavy atom. The number of Topliss-reactive ketones (excluding diaryl/α,β-unsaturated/α-hetero) is 1. The number of ketones is 1. The molecule has 0 saturated carbocycles. The van der Waals surface area contributed by atoms with Crippen LogP contribution in [0.5, 0.6) is 5.75 Å². The Hall–Kier alpha value is -3.20. The van der Waals surface area contributed by atoms with Crippen molar-refractivity contribution in [2.24, 2.45) is 0 Å². The minimum atomic E-state index is -0.0250. The van der Waals surface area contributed by atoms with Crippen molar-refractivity contribution in [2.75, 3.05) is 18.2 Å². The quantitative estimate of drug-likeness (QED) is 0.494. The maximum Gasteiger partial charge on any atom is 0.224 e. The molecule has 0 atom stereocenters. The molecule has 2 aromatic carbocycles. The Labute approximate surface area is 171 Å². The molecule has 2 heterocycles. The Morgan fingerprint density at radius 1 is 1.24 bits per heavy atom. The number of ether oxygens (including phenoxy) is 1. The molecule has 1 aliphatic heterocycles. The minimum absolute atomic E-state index is 0.0153. The van der Waals surface area contributed by atoms with Crippen LogP contribution in [0.15, 0.2) is 47.6 Å². The first kappa shape index (κ1) is 19.1. The van der Waals surface area contributed by atoms with Crippen LogP contribution in [0.4, 0.5) is 5.69 Å². The molecule has 0 unspecified atom stereocenters. The molecule has 0 radical (unpaired) electrons. The van der Waals surface area contributed by atoms with Crippen LogP contribution in [0.1, 0.15) is 28.8 Å². The molecule has 148 valence electrons. The predicted molar refractivity (Wildman–Crippen MR) is 109 cm³/mol. The molecular weight excluding hydrogens is 390 g/mol. The minimum Gasteiger partial charge on any atom is -0.494 e. The lowest BCUT2D eigenvalue weighted by atomic mass is 10.0. The number of benzene rings is 2. The highest BCUT2D eigenvalue weighted by Crippen LogP contribution is 2.27. The molecule has 1 amide bonds. The van der Waals surface area contributed by atoms with Crippen molar-refractivity contribution in [2.45, 2.75) is 24.4 Å². The maximum absolute atomic E-state index is 12.7. The number of aryl methyl sites for hydroxylation is 1. The van der Waals surface area contributed by atoms with Gasteiger partial charge in [-0.3, -0.25) is 9.59 Å². The van der Waals surface area contributed by atoms with Crippen LogP contribution in [0.25, 0.3) is 5.69 Å². The van der Waals surface area contributed by atoms with E-state index >= 15 is 0 Å². The summed E-state index contributed by atoms with van der Waals surface area (Å²) in [6.07, 6.45) is 2.05. The van der Waals surface area contributed by atoms with Crippen molar-refractivity contribution in [3.8, 4) is 11.4 Å². The zero-order valence-corrected chi connectivity index (χ0v) is 16.6. The van der Waals surface area contributed by atoms with Crippen LogP contribution in [-0.4, -0.2) is 44.8 Å². The Balaban J connectivity index is 1.50. The van der Waals surface area contributed by atoms with Gasteiger partial charge in [0.2, 0.25) is 11.1 Å². The number of aromatic nitrogens is 4. The largest absolute Gasteiger partial charge is 0.494 e. The molecule has 8 nitrogen and oxygen atoms in total. The fraction of sp³-hybridized carbons (Fsp3) is 0.250. The summed E-state index contributed by atoms with van der Waals surface area (Å²) in [6, 6.07) is 12.8. The number of nitrogens with one attached hydrogen (secondary N) is 1. The molecule has 0 saturated heterocycles. The van der Waals surface area contributed by atoms with Crippen molar-refractivity contribution in [3.05, 3.63) is 53.6 Å². The maximum atomic E-state index is 12.7. The molecule has 1 aromatic heterocycles. The molecule has 0 bridgehead atoms. The number of thioether (sulfide) groups is 1. The van der Waals surface area contributed by atoms with Gasteiger partial charge in [0.05, 0.1) is 12.9 Å². The number of anilines is 1. The van der Waals surface area contributed by atoms with E-state index in [0.29, 0.717) is 28.6 Å². The Morgan fingerprint density at radius 2 is 2.10 bits per heavy atom. The number of carbonyl (C=O) groups excluding carboxylic acids is 2. The second-order valence-electron chi connectivity index (χ2n) is 6.53. The van der Waals surface area contributed by atoms with E-state index in [1.54, 1.807) is 23.9 Å². The second kappa shape index (κ2) is 8.44. The van der Waals surface area contributed by atoms with E-state index in [0.717, 1.165) is 24.1 Å². The molecule has 4 rings (SSSR count). The van der Waals surface area contributed by atoms with Crippen LogP contribution < -0.4 is 10.1 Å². The monoisotopic (exact) mass is 409 g/mol. The van der Waals surface area contributed by atoms with E-state index in [2.05, 4.69) is 20.8 Å². The second-order valence-corrected chi connectivity index (χ2v) is 7.47. The third kappa shape index (κ3) is 4.14. The molecule has 29 heavy (non-hydrogen) atoms. The van der Waals surface area contributed by atoms with Gasteiger partial charge in [-0.25, -0.2) is 0 Å². The highest BCUT2D eigenvalue weighted by molar-refractivity contribution is 7.99. The van der Waals surface area contributed by atoms with Gasteiger partial charge in [0.15, 0.2) is 5.78 Å². The predicted octanol–water partition coefficient (Wildman–Crippen LogP) is 2.92. The number of hydrogen-bond acceptors (Lipinski definition) is 7. The molecular formula is C20H19N5O3S. The Bertz CT molecular complexity index is 1070. The van der Waals surface area contributed by atoms with Crippen molar-refractivity contribution in [1.82, 2.24) is 20.2 Å². The Kier molecular flexibility index (Phi) is 5.57. The molecule has 1 aliphatic rings. The van der Waals surface area contributed by atoms with Crippen molar-refractivity contribution < 1.29 is 14.3 Å². The van der Waals surface area contributed by atoms with E-state index in [-0.39, 0.29) is 17.4 Å². The lowest BCUT2D eigenvalue weighted by Gasteiger charge is -2.10. The van der Waals surface area contributed by atoms with Crippen LogP contribution in [0.3, 0.4) is 0 Å². The number of para-hydroxylation sites is 2. The third-order valence-corrected chi connectivity index (χ3v) is 5.56. The SMILES string of the molecule is COc1ccccc1-n1nnnc1SCC(=O)c1ccc2c(c1)CCCC(=O)N2. The third-order valence-electron chi connectivity index (χ3n) is 4.64. The summed E-state index contributed by atoms with van der Waals surface area (Å²) in [5, 5.41) is 15.2. The van der Waals surface area contributed by atoms with Crippen LogP contribution >= 0.6 is 11.8 Å². The summed E-state index contributed by atoms with van der Waals surface area (Å²) >= 11 is 1.26. The fourth-order valence-corrected chi connectivity index (χ4v) is 3.96. The normalized spacial score (nSPS) is 13.3. The van der Waals surface area contributed by atoms with E-state index in [9.17, 15) is 9.59 Å². The van der Waals surface area contributed by atoms with Gasteiger partial charge in [-0.1, -0.05) is 23.9 Å². The van der Waals surface area contributed by atoms with Gasteiger partial charge in [0.25, 0.3) is 0 Å². The standard InChI is InChI=1S/C20H19N5O3S/c1-28-18-7-3-2-6-16(18)25-20(22-23-24-25)29-12-17(26)14-9-10-15-13(11-14)5-4-8-19(27)21-15/h2-3,6-7,9-11H,4-5,8,12H2,1H3,(H,21,27). The summed E-state index contributed by atoms with van der Waals surface area (Å²) in [5.41, 5.74) is 3.10. The van der Waals surface area contributed by atoms with E-state index in [1.807, 2.05) is 30.3 Å². The van der Waals surface area contributed by atoms with Gasteiger partial charge in [-0.15, -0.1) is 5.10 Å². The van der Waals surface area contributed by atoms with Gasteiger partial charge in [0, 0.05) is 17.7 Å². The molecule has 0 aliphatic carbocycles. The van der Waals surface area contributed by atoms with Gasteiger partial charge in [0.1, 0.15) is 11.4 Å². The zero-order valence-electron chi connectivity index (χ0n) is 15.8. The number of fused-ring (bicyclic) bond motifs is 1. The summed E-state index contributed by atoms with van der Waals surface area (Å²) in [6.45, 7) is 0. The first-order valence-corrected chi connectivity index (χ1v) is 10.1. The van der Waals surface area contributed by atoms with Gasteiger partial charge >= 0.3 is 0 Å². The van der Waals surface area contributed by atoms with Crippen molar-refractivity contribution in [1.29, 1.82) is 0 Å². The number of tetrazole rings is 1. The lowest BCUT2D eigenvalue weighted by Crippen LogP contribution is -2.10. The molecule has 0 fully saturated rings. The number of carbonyl (C=O) groups is 2. The summed E-state index contributed by atoms with van der Waals surface area (Å²) in [4.78, 5) is 24.4. The van der Waals surface area contributed by atoms with E-state index in [4.69, 9.17) is 4.74 Å². The van der Waals surface area contributed by atoms with Crippen LogP contribution in [0, 0.1) is 0 Å². The highest BCUT2D eigenvalue weighted by Gasteiger charge is 2.18. The van der Waals surface area contributed by atoms with Gasteiger partial charge < -0.3 is 10.1 Å². The van der Waals surface area contributed by atoms with Gasteiger partial charge in [-0.05, 0) is 59.2 Å². The van der Waals surface area contributed by atoms with Crippen LogP contribution in [0.2, 0.25) is 0 Å². The number of hydrogen-bond donors (Lipinski definition) is 1. The number of rotatable bonds is 6. The summed E-state index contributed by atoms with van der Waals surface area (Å²) in [5.74, 6) is 0.825. The van der Waals surface area contributed by atoms with Crippen molar-refractivity contribution in [3.63, 3.8) is 0 Å². The topological polar surface area (TPSA) is 99.0 Å². The first-order valence-electron chi connectivity index (χ1n) is 9.16. The molecule has 9 heteroatoms. The van der Waals surface area contributed by atoms with E-state index in [1.165, 1.54) is 11.8 Å². The van der Waals surface area contributed by atoms with Crippen LogP contribution in [-0.2, 0) is 11.2 Å². The number of amides is 1. The average molecular weight is 409 g/mol. The zero-order chi connectivity index (χ0) is 20.2. The highest BCUT2D eigenvalue weighted by atomic mass is 32.2. The first-order chi connectivity index (χ1) is 14.2. The fourth-order valence-electron chi connectivity index (χ4n) is 3.19.